The summed E-state index contributed by atoms with van der Waals surface area (Å²) < 4.78 is 43.0. The van der Waals surface area contributed by atoms with Crippen LogP contribution in [0.1, 0.15) is 11.1 Å². The Balaban J connectivity index is 0.00000341. The molecule has 10 heteroatoms. The molecule has 6 nitrogen and oxygen atoms in total. The summed E-state index contributed by atoms with van der Waals surface area (Å²) in [6.45, 7) is 0.676. The van der Waals surface area contributed by atoms with Gasteiger partial charge in [0.15, 0.2) is 11.7 Å². The number of nitrogens with two attached hydrogens (primary N) is 1. The zero-order valence-corrected chi connectivity index (χ0v) is 18.5. The van der Waals surface area contributed by atoms with Crippen molar-refractivity contribution in [2.45, 2.75) is 19.5 Å². The highest BCUT2D eigenvalue weighted by Crippen LogP contribution is 2.29. The number of benzene rings is 2. The van der Waals surface area contributed by atoms with Crippen LogP contribution in [0.3, 0.4) is 0 Å². The molecule has 0 spiro atoms. The van der Waals surface area contributed by atoms with Crippen LogP contribution in [0, 0.1) is 0 Å². The molecular weight excluding hydrogens is 524 g/mol. The minimum absolute atomic E-state index is 0. The second kappa shape index (κ2) is 10.8. The first-order valence-electron chi connectivity index (χ1n) is 8.95. The van der Waals surface area contributed by atoms with Crippen molar-refractivity contribution >= 4 is 35.6 Å². The maximum atomic E-state index is 12.5. The van der Waals surface area contributed by atoms with Gasteiger partial charge in [0.1, 0.15) is 0 Å². The van der Waals surface area contributed by atoms with Crippen molar-refractivity contribution < 1.29 is 17.9 Å². The Morgan fingerprint density at radius 2 is 1.65 bits per heavy atom. The van der Waals surface area contributed by atoms with Crippen LogP contribution < -0.4 is 21.3 Å². The molecule has 0 unspecified atom stereocenters. The summed E-state index contributed by atoms with van der Waals surface area (Å²) in [6, 6.07) is 18.0. The molecule has 0 saturated carbocycles. The predicted molar refractivity (Wildman–Crippen MR) is 124 cm³/mol. The van der Waals surface area contributed by atoms with Crippen LogP contribution in [0.15, 0.2) is 82.7 Å². The first-order valence-corrected chi connectivity index (χ1v) is 8.95. The van der Waals surface area contributed by atoms with Crippen LogP contribution in [0.4, 0.5) is 18.9 Å². The number of guanidine groups is 1. The molecule has 2 aromatic carbocycles. The molecule has 0 aliphatic rings. The van der Waals surface area contributed by atoms with Crippen molar-refractivity contribution in [2.24, 2.45) is 10.7 Å². The normalized spacial score (nSPS) is 11.5. The van der Waals surface area contributed by atoms with Crippen LogP contribution in [0.2, 0.25) is 0 Å². The Morgan fingerprint density at radius 1 is 1.00 bits per heavy atom. The van der Waals surface area contributed by atoms with Gasteiger partial charge in [0.2, 0.25) is 0 Å². The first kappa shape index (κ1) is 24.3. The number of pyridine rings is 1. The number of ether oxygens (including phenoxy) is 1. The summed E-state index contributed by atoms with van der Waals surface area (Å²) in [4.78, 5) is 15.9. The number of anilines is 1. The van der Waals surface area contributed by atoms with Crippen molar-refractivity contribution in [1.82, 2.24) is 4.57 Å². The highest BCUT2D eigenvalue weighted by molar-refractivity contribution is 14.0. The number of aromatic nitrogens is 1. The quantitative estimate of drug-likeness (QED) is 0.275. The molecule has 0 aliphatic carbocycles. The topological polar surface area (TPSA) is 81.6 Å². The minimum atomic E-state index is -4.81. The number of alkyl halides is 3. The minimum Gasteiger partial charge on any atom is -0.404 e. The number of nitrogens with one attached hydrogen (secondary N) is 1. The van der Waals surface area contributed by atoms with E-state index in [1.807, 2.05) is 24.3 Å². The fourth-order valence-corrected chi connectivity index (χ4v) is 2.68. The van der Waals surface area contributed by atoms with E-state index in [-0.39, 0.29) is 47.7 Å². The average Bonchev–Trinajstić information content (AvgIpc) is 2.70. The molecule has 0 amide bonds. The third-order valence-corrected chi connectivity index (χ3v) is 4.08. The molecule has 1 aromatic heterocycles. The Morgan fingerprint density at radius 3 is 2.32 bits per heavy atom. The van der Waals surface area contributed by atoms with Crippen molar-refractivity contribution in [3.63, 3.8) is 0 Å². The Kier molecular flexibility index (Phi) is 8.48. The van der Waals surface area contributed by atoms with E-state index in [1.165, 1.54) is 24.3 Å². The second-order valence-electron chi connectivity index (χ2n) is 6.35. The molecule has 0 radical (unpaired) electrons. The molecule has 0 aliphatic heterocycles. The van der Waals surface area contributed by atoms with Crippen LogP contribution in [-0.4, -0.2) is 16.9 Å². The lowest BCUT2D eigenvalue weighted by atomic mass is 10.1. The number of aliphatic imine (C=N–C) groups is 1. The van der Waals surface area contributed by atoms with Gasteiger partial charge in [-0.3, -0.25) is 4.79 Å². The van der Waals surface area contributed by atoms with E-state index in [4.69, 9.17) is 5.73 Å². The molecule has 1 heterocycles. The van der Waals surface area contributed by atoms with Gasteiger partial charge in [-0.25, -0.2) is 4.99 Å². The summed E-state index contributed by atoms with van der Waals surface area (Å²) >= 11 is 0. The van der Waals surface area contributed by atoms with Gasteiger partial charge in [0, 0.05) is 12.3 Å². The highest BCUT2D eigenvalue weighted by atomic mass is 127. The Bertz CT molecular complexity index is 1080. The molecule has 3 N–H and O–H groups in total. The van der Waals surface area contributed by atoms with E-state index in [0.29, 0.717) is 6.54 Å². The lowest BCUT2D eigenvalue weighted by Gasteiger charge is -2.14. The largest absolute Gasteiger partial charge is 0.573 e. The maximum absolute atomic E-state index is 12.5. The standard InChI is InChI=1S/C21H19F3N4O2.HI/c22-21(23,24)30-18-6-2-1-5-17(18)27-20(25)26-13-15-8-10-16(11-9-15)14-28-12-4-3-7-19(28)29;/h1-12H,13-14H2,(H3,25,26,27);1H. The van der Waals surface area contributed by atoms with Crippen molar-refractivity contribution in [1.29, 1.82) is 0 Å². The van der Waals surface area contributed by atoms with Crippen LogP contribution in [0.5, 0.6) is 5.75 Å². The fraction of sp³-hybridized carbons (Fsp3) is 0.143. The molecule has 164 valence electrons. The number of hydrogen-bond acceptors (Lipinski definition) is 3. The number of halogens is 4. The van der Waals surface area contributed by atoms with Gasteiger partial charge in [-0.1, -0.05) is 42.5 Å². The van der Waals surface area contributed by atoms with E-state index < -0.39 is 12.1 Å². The van der Waals surface area contributed by atoms with Gasteiger partial charge in [0.05, 0.1) is 18.8 Å². The van der Waals surface area contributed by atoms with Crippen molar-refractivity contribution in [3.8, 4) is 5.75 Å². The molecular formula is C21H20F3IN4O2. The zero-order chi connectivity index (χ0) is 21.6. The number of para-hydroxylation sites is 2. The summed E-state index contributed by atoms with van der Waals surface area (Å²) in [5.41, 5.74) is 7.57. The van der Waals surface area contributed by atoms with Gasteiger partial charge in [-0.2, -0.15) is 0 Å². The van der Waals surface area contributed by atoms with E-state index in [0.717, 1.165) is 11.1 Å². The lowest BCUT2D eigenvalue weighted by Crippen LogP contribution is -2.24. The van der Waals surface area contributed by atoms with E-state index >= 15 is 0 Å². The molecule has 0 bridgehead atoms. The van der Waals surface area contributed by atoms with E-state index in [9.17, 15) is 18.0 Å². The van der Waals surface area contributed by atoms with Crippen LogP contribution in [0.25, 0.3) is 0 Å². The number of hydrogen-bond donors (Lipinski definition) is 2. The number of rotatable bonds is 6. The average molecular weight is 544 g/mol. The summed E-state index contributed by atoms with van der Waals surface area (Å²) in [7, 11) is 0. The monoisotopic (exact) mass is 544 g/mol. The fourth-order valence-electron chi connectivity index (χ4n) is 2.68. The van der Waals surface area contributed by atoms with Gasteiger partial charge >= 0.3 is 6.36 Å². The van der Waals surface area contributed by atoms with Crippen molar-refractivity contribution in [3.05, 3.63) is 94.4 Å². The predicted octanol–water partition coefficient (Wildman–Crippen LogP) is 4.34. The van der Waals surface area contributed by atoms with Crippen LogP contribution >= 0.6 is 24.0 Å². The SMILES string of the molecule is I.NC(=NCc1ccc(Cn2ccccc2=O)cc1)Nc1ccccc1OC(F)(F)F. The smallest absolute Gasteiger partial charge is 0.404 e. The van der Waals surface area contributed by atoms with Gasteiger partial charge in [-0.15, -0.1) is 37.1 Å². The van der Waals surface area contributed by atoms with Gasteiger partial charge in [0.25, 0.3) is 5.56 Å². The summed E-state index contributed by atoms with van der Waals surface area (Å²) in [6.07, 6.45) is -3.09. The molecule has 0 saturated heterocycles. The molecule has 0 atom stereocenters. The molecule has 31 heavy (non-hydrogen) atoms. The van der Waals surface area contributed by atoms with Crippen LogP contribution in [-0.2, 0) is 13.1 Å². The number of nitrogens with zero attached hydrogens (tertiary/aromatic N) is 2. The highest BCUT2D eigenvalue weighted by Gasteiger charge is 2.32. The Hall–Kier alpha value is -3.02. The Labute approximate surface area is 193 Å². The molecule has 3 aromatic rings. The van der Waals surface area contributed by atoms with E-state index in [2.05, 4.69) is 15.0 Å². The first-order chi connectivity index (χ1) is 14.3. The van der Waals surface area contributed by atoms with Crippen molar-refractivity contribution in [2.75, 3.05) is 5.32 Å². The lowest BCUT2D eigenvalue weighted by molar-refractivity contribution is -0.274. The second-order valence-corrected chi connectivity index (χ2v) is 6.35. The van der Waals surface area contributed by atoms with Gasteiger partial charge < -0.3 is 20.4 Å². The molecule has 0 fully saturated rings. The van der Waals surface area contributed by atoms with E-state index in [1.54, 1.807) is 29.0 Å². The zero-order valence-electron chi connectivity index (χ0n) is 16.2. The van der Waals surface area contributed by atoms with Gasteiger partial charge in [-0.05, 0) is 29.3 Å². The summed E-state index contributed by atoms with van der Waals surface area (Å²) in [5.74, 6) is -0.447. The summed E-state index contributed by atoms with van der Waals surface area (Å²) in [5, 5.41) is 2.62. The third kappa shape index (κ3) is 7.63. The molecule has 3 rings (SSSR count). The maximum Gasteiger partial charge on any atom is 0.573 e. The third-order valence-electron chi connectivity index (χ3n) is 4.08.